The monoisotopic (exact) mass is 321 g/mol. The van der Waals surface area contributed by atoms with E-state index in [0.717, 1.165) is 0 Å². The minimum absolute atomic E-state index is 0.225. The summed E-state index contributed by atoms with van der Waals surface area (Å²) in [5.74, 6) is -1.65. The fourth-order valence-corrected chi connectivity index (χ4v) is 1.95. The first-order valence-corrected chi connectivity index (χ1v) is 6.87. The summed E-state index contributed by atoms with van der Waals surface area (Å²) in [7, 11) is 0. The SMILES string of the molecule is O=C(COC(=O)Cc1ccccc1F)Nc1cccc(Cl)c1. The van der Waals surface area contributed by atoms with E-state index in [2.05, 4.69) is 5.32 Å². The van der Waals surface area contributed by atoms with Gasteiger partial charge in [0.25, 0.3) is 5.91 Å². The van der Waals surface area contributed by atoms with Gasteiger partial charge in [-0.3, -0.25) is 9.59 Å². The average Bonchev–Trinajstić information content (AvgIpc) is 2.48. The lowest BCUT2D eigenvalue weighted by atomic mass is 10.1. The van der Waals surface area contributed by atoms with E-state index < -0.39 is 24.3 Å². The van der Waals surface area contributed by atoms with Crippen molar-refractivity contribution in [2.24, 2.45) is 0 Å². The molecule has 0 spiro atoms. The molecule has 2 aromatic rings. The van der Waals surface area contributed by atoms with Crippen LogP contribution in [0.5, 0.6) is 0 Å². The Bertz CT molecular complexity index is 691. The van der Waals surface area contributed by atoms with Gasteiger partial charge in [0.1, 0.15) is 5.82 Å². The molecule has 0 aromatic heterocycles. The first kappa shape index (κ1) is 16.0. The fourth-order valence-electron chi connectivity index (χ4n) is 1.76. The zero-order valence-corrected chi connectivity index (χ0v) is 12.3. The Balaban J connectivity index is 1.81. The van der Waals surface area contributed by atoms with Crippen molar-refractivity contribution in [1.29, 1.82) is 0 Å². The average molecular weight is 322 g/mol. The fraction of sp³-hybridized carbons (Fsp3) is 0.125. The minimum atomic E-state index is -0.675. The van der Waals surface area contributed by atoms with Gasteiger partial charge in [-0.1, -0.05) is 35.9 Å². The van der Waals surface area contributed by atoms with Crippen LogP contribution < -0.4 is 5.32 Å². The van der Waals surface area contributed by atoms with Gasteiger partial charge in [0.2, 0.25) is 0 Å². The molecule has 0 saturated heterocycles. The van der Waals surface area contributed by atoms with Crippen LogP contribution in [0.2, 0.25) is 5.02 Å². The number of hydrogen-bond donors (Lipinski definition) is 1. The number of esters is 1. The third-order valence-electron chi connectivity index (χ3n) is 2.77. The predicted molar refractivity (Wildman–Crippen MR) is 81.1 cm³/mol. The van der Waals surface area contributed by atoms with E-state index in [-0.39, 0.29) is 12.0 Å². The van der Waals surface area contributed by atoms with E-state index in [1.807, 2.05) is 0 Å². The second kappa shape index (κ2) is 7.56. The Morgan fingerprint density at radius 2 is 1.91 bits per heavy atom. The smallest absolute Gasteiger partial charge is 0.310 e. The first-order valence-electron chi connectivity index (χ1n) is 6.49. The summed E-state index contributed by atoms with van der Waals surface area (Å²) in [6, 6.07) is 12.5. The number of rotatable bonds is 5. The lowest BCUT2D eigenvalue weighted by molar-refractivity contribution is -0.146. The number of anilines is 1. The molecule has 1 N–H and O–H groups in total. The van der Waals surface area contributed by atoms with Crippen molar-refractivity contribution in [1.82, 2.24) is 0 Å². The molecule has 6 heteroatoms. The zero-order chi connectivity index (χ0) is 15.9. The normalized spacial score (nSPS) is 10.1. The van der Waals surface area contributed by atoms with Crippen LogP contribution in [0.3, 0.4) is 0 Å². The van der Waals surface area contributed by atoms with Crippen LogP contribution in [0, 0.1) is 5.82 Å². The molecular weight excluding hydrogens is 309 g/mol. The van der Waals surface area contributed by atoms with E-state index in [4.69, 9.17) is 16.3 Å². The van der Waals surface area contributed by atoms with Gasteiger partial charge in [-0.2, -0.15) is 0 Å². The van der Waals surface area contributed by atoms with Gasteiger partial charge in [0, 0.05) is 10.7 Å². The van der Waals surface area contributed by atoms with Crippen LogP contribution in [0.15, 0.2) is 48.5 Å². The number of carbonyl (C=O) groups excluding carboxylic acids is 2. The van der Waals surface area contributed by atoms with Gasteiger partial charge >= 0.3 is 5.97 Å². The minimum Gasteiger partial charge on any atom is -0.455 e. The summed E-state index contributed by atoms with van der Waals surface area (Å²) in [5, 5.41) is 3.02. The number of halogens is 2. The second-order valence-corrected chi connectivity index (χ2v) is 4.92. The molecule has 114 valence electrons. The number of hydrogen-bond acceptors (Lipinski definition) is 3. The topological polar surface area (TPSA) is 55.4 Å². The first-order chi connectivity index (χ1) is 10.5. The molecule has 0 fully saturated rings. The van der Waals surface area contributed by atoms with Gasteiger partial charge in [-0.15, -0.1) is 0 Å². The Labute approximate surface area is 131 Å². The standard InChI is InChI=1S/C16H13ClFNO3/c17-12-5-3-6-13(9-12)19-15(20)10-22-16(21)8-11-4-1-2-7-14(11)18/h1-7,9H,8,10H2,(H,19,20). The highest BCUT2D eigenvalue weighted by atomic mass is 35.5. The van der Waals surface area contributed by atoms with Gasteiger partial charge in [0.15, 0.2) is 6.61 Å². The molecule has 0 aliphatic rings. The molecule has 0 heterocycles. The molecular formula is C16H13ClFNO3. The van der Waals surface area contributed by atoms with Gasteiger partial charge in [-0.05, 0) is 29.8 Å². The van der Waals surface area contributed by atoms with Crippen molar-refractivity contribution in [2.75, 3.05) is 11.9 Å². The third kappa shape index (κ3) is 4.86. The number of benzene rings is 2. The molecule has 0 aliphatic carbocycles. The number of nitrogens with one attached hydrogen (secondary N) is 1. The van der Waals surface area contributed by atoms with E-state index >= 15 is 0 Å². The molecule has 0 aliphatic heterocycles. The van der Waals surface area contributed by atoms with Crippen molar-refractivity contribution >= 4 is 29.2 Å². The second-order valence-electron chi connectivity index (χ2n) is 4.49. The van der Waals surface area contributed by atoms with E-state index in [0.29, 0.717) is 10.7 Å². The molecule has 0 saturated carbocycles. The number of carbonyl (C=O) groups is 2. The third-order valence-corrected chi connectivity index (χ3v) is 3.00. The van der Waals surface area contributed by atoms with Crippen LogP contribution in [-0.4, -0.2) is 18.5 Å². The maximum Gasteiger partial charge on any atom is 0.310 e. The zero-order valence-electron chi connectivity index (χ0n) is 11.5. The van der Waals surface area contributed by atoms with Crippen molar-refractivity contribution < 1.29 is 18.7 Å². The lowest BCUT2D eigenvalue weighted by Crippen LogP contribution is -2.21. The molecule has 1 amide bonds. The maximum atomic E-state index is 13.4. The highest BCUT2D eigenvalue weighted by Crippen LogP contribution is 2.14. The molecule has 2 rings (SSSR count). The van der Waals surface area contributed by atoms with Gasteiger partial charge in [0.05, 0.1) is 6.42 Å². The highest BCUT2D eigenvalue weighted by molar-refractivity contribution is 6.30. The van der Waals surface area contributed by atoms with Crippen molar-refractivity contribution in [2.45, 2.75) is 6.42 Å². The maximum absolute atomic E-state index is 13.4. The van der Waals surface area contributed by atoms with E-state index in [9.17, 15) is 14.0 Å². The van der Waals surface area contributed by atoms with Crippen LogP contribution >= 0.6 is 11.6 Å². The van der Waals surface area contributed by atoms with Crippen molar-refractivity contribution in [3.8, 4) is 0 Å². The number of ether oxygens (including phenoxy) is 1. The quantitative estimate of drug-likeness (QED) is 0.860. The van der Waals surface area contributed by atoms with Gasteiger partial charge < -0.3 is 10.1 Å². The predicted octanol–water partition coefficient (Wildman–Crippen LogP) is 3.20. The largest absolute Gasteiger partial charge is 0.455 e. The Hall–Kier alpha value is -2.40. The summed E-state index contributed by atoms with van der Waals surface area (Å²) in [5.41, 5.74) is 0.727. The molecule has 0 bridgehead atoms. The molecule has 0 radical (unpaired) electrons. The summed E-state index contributed by atoms with van der Waals surface area (Å²) in [6.07, 6.45) is -0.225. The highest BCUT2D eigenvalue weighted by Gasteiger charge is 2.11. The summed E-state index contributed by atoms with van der Waals surface area (Å²) < 4.78 is 18.2. The Morgan fingerprint density at radius 3 is 2.64 bits per heavy atom. The summed E-state index contributed by atoms with van der Waals surface area (Å²) >= 11 is 5.79. The van der Waals surface area contributed by atoms with Gasteiger partial charge in [-0.25, -0.2) is 4.39 Å². The van der Waals surface area contributed by atoms with Crippen molar-refractivity contribution in [3.63, 3.8) is 0 Å². The Kier molecular flexibility index (Phi) is 5.49. The molecule has 2 aromatic carbocycles. The van der Waals surface area contributed by atoms with Crippen LogP contribution in [0.25, 0.3) is 0 Å². The Morgan fingerprint density at radius 1 is 1.14 bits per heavy atom. The molecule has 0 unspecified atom stereocenters. The van der Waals surface area contributed by atoms with Crippen LogP contribution in [0.4, 0.5) is 10.1 Å². The van der Waals surface area contributed by atoms with Crippen LogP contribution in [0.1, 0.15) is 5.56 Å². The summed E-state index contributed by atoms with van der Waals surface area (Å²) in [4.78, 5) is 23.2. The van der Waals surface area contributed by atoms with E-state index in [1.54, 1.807) is 30.3 Å². The molecule has 22 heavy (non-hydrogen) atoms. The van der Waals surface area contributed by atoms with E-state index in [1.165, 1.54) is 18.2 Å². The van der Waals surface area contributed by atoms with Crippen LogP contribution in [-0.2, 0) is 20.7 Å². The molecule has 4 nitrogen and oxygen atoms in total. The van der Waals surface area contributed by atoms with Crippen molar-refractivity contribution in [3.05, 3.63) is 64.9 Å². The molecule has 0 atom stereocenters. The summed E-state index contributed by atoms with van der Waals surface area (Å²) in [6.45, 7) is -0.445. The number of amides is 1. The lowest BCUT2D eigenvalue weighted by Gasteiger charge is -2.07.